The van der Waals surface area contributed by atoms with Crippen molar-refractivity contribution in [1.82, 2.24) is 0 Å². The van der Waals surface area contributed by atoms with E-state index >= 15 is 0 Å². The van der Waals surface area contributed by atoms with E-state index in [4.69, 9.17) is 9.26 Å². The van der Waals surface area contributed by atoms with Crippen LogP contribution in [0.5, 0.6) is 5.75 Å². The maximum Gasteiger partial charge on any atom is 0.278 e. The second kappa shape index (κ2) is 4.98. The summed E-state index contributed by atoms with van der Waals surface area (Å²) in [5, 5.41) is 3.96. The van der Waals surface area contributed by atoms with E-state index < -0.39 is 8.32 Å². The van der Waals surface area contributed by atoms with E-state index in [2.05, 4.69) is 24.8 Å². The fourth-order valence-electron chi connectivity index (χ4n) is 0.935. The minimum Gasteiger partial charge on any atom is -0.497 e. The highest BCUT2D eigenvalue weighted by molar-refractivity contribution is 6.69. The van der Waals surface area contributed by atoms with Gasteiger partial charge in [-0.2, -0.15) is 0 Å². The third-order valence-electron chi connectivity index (χ3n) is 1.64. The van der Waals surface area contributed by atoms with Gasteiger partial charge in [0.05, 0.1) is 13.3 Å². The quantitative estimate of drug-likeness (QED) is 0.446. The minimum atomic E-state index is -1.55. The fraction of sp³-hybridized carbons (Fsp3) is 0.364. The molecule has 3 nitrogen and oxygen atoms in total. The van der Waals surface area contributed by atoms with Crippen LogP contribution >= 0.6 is 0 Å². The SMILES string of the molecule is COc1ccc(/C=N/O[Si](C)(C)C)cc1. The Bertz CT molecular complexity index is 327. The molecule has 0 aliphatic carbocycles. The molecule has 0 bridgehead atoms. The number of rotatable bonds is 4. The van der Waals surface area contributed by atoms with Gasteiger partial charge >= 0.3 is 0 Å². The number of methoxy groups -OCH3 is 1. The molecule has 0 radical (unpaired) electrons. The highest BCUT2D eigenvalue weighted by Gasteiger charge is 2.15. The molecule has 0 saturated carbocycles. The third-order valence-corrected chi connectivity index (χ3v) is 2.30. The van der Waals surface area contributed by atoms with E-state index in [9.17, 15) is 0 Å². The van der Waals surface area contributed by atoms with Crippen LogP contribution < -0.4 is 4.74 Å². The monoisotopic (exact) mass is 223 g/mol. The molecule has 82 valence electrons. The molecule has 4 heteroatoms. The van der Waals surface area contributed by atoms with Gasteiger partial charge in [-0.3, -0.25) is 0 Å². The van der Waals surface area contributed by atoms with Crippen LogP contribution in [0, 0.1) is 0 Å². The van der Waals surface area contributed by atoms with E-state index in [0.717, 1.165) is 11.3 Å². The van der Waals surface area contributed by atoms with Gasteiger partial charge in [0.2, 0.25) is 0 Å². The number of ether oxygens (including phenoxy) is 1. The molecule has 0 unspecified atom stereocenters. The summed E-state index contributed by atoms with van der Waals surface area (Å²) >= 11 is 0. The normalized spacial score (nSPS) is 11.7. The molecule has 0 aliphatic rings. The van der Waals surface area contributed by atoms with Gasteiger partial charge in [-0.05, 0) is 49.5 Å². The maximum atomic E-state index is 5.37. The summed E-state index contributed by atoms with van der Waals surface area (Å²) < 4.78 is 10.4. The van der Waals surface area contributed by atoms with Crippen LogP contribution in [-0.2, 0) is 4.53 Å². The lowest BCUT2D eigenvalue weighted by Crippen LogP contribution is -2.22. The molecule has 0 heterocycles. The first-order chi connectivity index (χ1) is 7.01. The minimum absolute atomic E-state index is 0.846. The average Bonchev–Trinajstić information content (AvgIpc) is 2.17. The van der Waals surface area contributed by atoms with Crippen LogP contribution in [0.4, 0.5) is 0 Å². The van der Waals surface area contributed by atoms with Gasteiger partial charge in [-0.1, -0.05) is 0 Å². The van der Waals surface area contributed by atoms with Crippen molar-refractivity contribution >= 4 is 14.5 Å². The standard InChI is InChI=1S/C11H17NO2Si/c1-13-11-7-5-10(6-8-11)9-12-14-15(2,3)4/h5-9H,1-4H3/b12-9+. The molecule has 0 fully saturated rings. The lowest BCUT2D eigenvalue weighted by atomic mass is 10.2. The van der Waals surface area contributed by atoms with Crippen LogP contribution in [-0.4, -0.2) is 21.6 Å². The third kappa shape index (κ3) is 4.65. The largest absolute Gasteiger partial charge is 0.497 e. The molecule has 1 aromatic carbocycles. The average molecular weight is 223 g/mol. The molecule has 0 N–H and O–H groups in total. The Labute approximate surface area is 91.8 Å². The molecule has 0 spiro atoms. The number of hydrogen-bond donors (Lipinski definition) is 0. The first-order valence-corrected chi connectivity index (χ1v) is 8.28. The van der Waals surface area contributed by atoms with Gasteiger partial charge in [0.25, 0.3) is 8.32 Å². The number of hydrogen-bond acceptors (Lipinski definition) is 3. The first kappa shape index (κ1) is 11.8. The van der Waals surface area contributed by atoms with E-state index in [0.29, 0.717) is 0 Å². The van der Waals surface area contributed by atoms with Gasteiger partial charge in [0.1, 0.15) is 5.75 Å². The van der Waals surface area contributed by atoms with E-state index in [-0.39, 0.29) is 0 Å². The smallest absolute Gasteiger partial charge is 0.278 e. The Hall–Kier alpha value is -1.29. The zero-order valence-corrected chi connectivity index (χ0v) is 10.7. The topological polar surface area (TPSA) is 30.8 Å². The number of benzene rings is 1. The first-order valence-electron chi connectivity index (χ1n) is 4.87. The molecule has 0 saturated heterocycles. The molecular formula is C11H17NO2Si. The van der Waals surface area contributed by atoms with Gasteiger partial charge < -0.3 is 9.26 Å². The lowest BCUT2D eigenvalue weighted by Gasteiger charge is -2.11. The molecule has 0 aliphatic heterocycles. The van der Waals surface area contributed by atoms with E-state index in [1.807, 2.05) is 24.3 Å². The van der Waals surface area contributed by atoms with Crippen LogP contribution in [0.3, 0.4) is 0 Å². The van der Waals surface area contributed by atoms with Gasteiger partial charge in [-0.25, -0.2) is 0 Å². The highest BCUT2D eigenvalue weighted by atomic mass is 28.4. The number of nitrogens with zero attached hydrogens (tertiary/aromatic N) is 1. The zero-order chi connectivity index (χ0) is 11.3. The molecular weight excluding hydrogens is 206 g/mol. The summed E-state index contributed by atoms with van der Waals surface area (Å²) in [6.07, 6.45) is 1.72. The van der Waals surface area contributed by atoms with Crippen LogP contribution in [0.15, 0.2) is 29.4 Å². The maximum absolute atomic E-state index is 5.37. The Kier molecular flexibility index (Phi) is 3.91. The summed E-state index contributed by atoms with van der Waals surface area (Å²) in [6, 6.07) is 7.68. The molecule has 15 heavy (non-hydrogen) atoms. The second-order valence-corrected chi connectivity index (χ2v) is 8.62. The molecule has 1 rings (SSSR count). The van der Waals surface area contributed by atoms with E-state index in [1.165, 1.54) is 0 Å². The zero-order valence-electron chi connectivity index (χ0n) is 9.65. The van der Waals surface area contributed by atoms with Crippen LogP contribution in [0.1, 0.15) is 5.56 Å². The Morgan fingerprint density at radius 1 is 1.13 bits per heavy atom. The van der Waals surface area contributed by atoms with Crippen molar-refractivity contribution in [3.05, 3.63) is 29.8 Å². The van der Waals surface area contributed by atoms with Crippen LogP contribution in [0.2, 0.25) is 19.6 Å². The highest BCUT2D eigenvalue weighted by Crippen LogP contribution is 2.10. The van der Waals surface area contributed by atoms with Crippen molar-refractivity contribution in [2.45, 2.75) is 19.6 Å². The van der Waals surface area contributed by atoms with Crippen molar-refractivity contribution in [1.29, 1.82) is 0 Å². The summed E-state index contributed by atoms with van der Waals surface area (Å²) in [5.41, 5.74) is 1.01. The lowest BCUT2D eigenvalue weighted by molar-refractivity contribution is 0.338. The van der Waals surface area contributed by atoms with Gasteiger partial charge in [0.15, 0.2) is 0 Å². The predicted molar refractivity (Wildman–Crippen MR) is 65.0 cm³/mol. The second-order valence-electron chi connectivity index (χ2n) is 4.21. The Morgan fingerprint density at radius 2 is 1.73 bits per heavy atom. The molecule has 0 atom stereocenters. The summed E-state index contributed by atoms with van der Waals surface area (Å²) in [5.74, 6) is 0.846. The Balaban J connectivity index is 2.57. The van der Waals surface area contributed by atoms with Crippen molar-refractivity contribution in [2.75, 3.05) is 7.11 Å². The predicted octanol–water partition coefficient (Wildman–Crippen LogP) is 2.88. The van der Waals surface area contributed by atoms with E-state index in [1.54, 1.807) is 13.3 Å². The van der Waals surface area contributed by atoms with Gasteiger partial charge in [0, 0.05) is 0 Å². The molecule has 0 amide bonds. The summed E-state index contributed by atoms with van der Waals surface area (Å²) in [4.78, 5) is 0. The van der Waals surface area contributed by atoms with Crippen molar-refractivity contribution in [2.24, 2.45) is 5.16 Å². The van der Waals surface area contributed by atoms with Crippen molar-refractivity contribution in [3.63, 3.8) is 0 Å². The van der Waals surface area contributed by atoms with Crippen LogP contribution in [0.25, 0.3) is 0 Å². The molecule has 0 aromatic heterocycles. The molecule has 1 aromatic rings. The number of oxime groups is 1. The van der Waals surface area contributed by atoms with Crippen molar-refractivity contribution < 1.29 is 9.26 Å². The fourth-order valence-corrected chi connectivity index (χ4v) is 1.30. The summed E-state index contributed by atoms with van der Waals surface area (Å²) in [7, 11) is 0.0987. The Morgan fingerprint density at radius 3 is 2.20 bits per heavy atom. The van der Waals surface area contributed by atoms with Crippen molar-refractivity contribution in [3.8, 4) is 5.75 Å². The van der Waals surface area contributed by atoms with Gasteiger partial charge in [-0.15, -0.1) is 5.16 Å². The summed E-state index contributed by atoms with van der Waals surface area (Å²) in [6.45, 7) is 6.29.